The summed E-state index contributed by atoms with van der Waals surface area (Å²) in [5.74, 6) is 0.519. The van der Waals surface area contributed by atoms with Crippen molar-refractivity contribution in [2.24, 2.45) is 4.40 Å². The van der Waals surface area contributed by atoms with Crippen LogP contribution in [0, 0.1) is 0 Å². The number of amides is 1. The van der Waals surface area contributed by atoms with Gasteiger partial charge in [-0.3, -0.25) is 4.79 Å². The summed E-state index contributed by atoms with van der Waals surface area (Å²) >= 11 is 0. The van der Waals surface area contributed by atoms with Gasteiger partial charge >= 0.3 is 0 Å². The first kappa shape index (κ1) is 20.1. The summed E-state index contributed by atoms with van der Waals surface area (Å²) < 4.78 is 28.7. The SMILES string of the molecule is CNC1CCCN(C(=O)C2CCCN2C2=NS(=O)(=O)c3ccccc32)C1.Cl. The smallest absolute Gasteiger partial charge is 0.285 e. The summed E-state index contributed by atoms with van der Waals surface area (Å²) in [5.41, 5.74) is 0.610. The number of benzene rings is 1. The first-order chi connectivity index (χ1) is 12.5. The third-order valence-corrected chi connectivity index (χ3v) is 6.89. The van der Waals surface area contributed by atoms with E-state index in [9.17, 15) is 13.2 Å². The molecule has 1 N–H and O–H groups in total. The van der Waals surface area contributed by atoms with Crippen molar-refractivity contribution in [3.05, 3.63) is 29.8 Å². The number of hydrogen-bond acceptors (Lipinski definition) is 5. The van der Waals surface area contributed by atoms with Crippen molar-refractivity contribution in [3.8, 4) is 0 Å². The van der Waals surface area contributed by atoms with Crippen LogP contribution in [-0.2, 0) is 14.8 Å². The van der Waals surface area contributed by atoms with E-state index in [1.807, 2.05) is 22.9 Å². The molecule has 0 radical (unpaired) electrons. The number of rotatable bonds is 2. The molecule has 0 aromatic heterocycles. The Bertz CT molecular complexity index is 858. The zero-order chi connectivity index (χ0) is 18.3. The highest BCUT2D eigenvalue weighted by molar-refractivity contribution is 7.90. The van der Waals surface area contributed by atoms with Gasteiger partial charge in [-0.1, -0.05) is 12.1 Å². The molecule has 0 bridgehead atoms. The molecule has 2 saturated heterocycles. The van der Waals surface area contributed by atoms with Gasteiger partial charge in [0.25, 0.3) is 10.0 Å². The molecule has 4 rings (SSSR count). The van der Waals surface area contributed by atoms with Crippen LogP contribution in [0.25, 0.3) is 0 Å². The van der Waals surface area contributed by atoms with Gasteiger partial charge in [-0.2, -0.15) is 8.42 Å². The monoisotopic (exact) mass is 412 g/mol. The molecule has 27 heavy (non-hydrogen) atoms. The van der Waals surface area contributed by atoms with Gasteiger partial charge in [0.15, 0.2) is 5.84 Å². The van der Waals surface area contributed by atoms with Gasteiger partial charge in [-0.15, -0.1) is 16.8 Å². The predicted molar refractivity (Wildman–Crippen MR) is 106 cm³/mol. The number of carbonyl (C=O) groups excluding carboxylic acids is 1. The van der Waals surface area contributed by atoms with Crippen LogP contribution in [0.1, 0.15) is 31.2 Å². The lowest BCUT2D eigenvalue weighted by Crippen LogP contribution is -2.53. The largest absolute Gasteiger partial charge is 0.343 e. The minimum Gasteiger partial charge on any atom is -0.343 e. The van der Waals surface area contributed by atoms with Crippen LogP contribution in [0.5, 0.6) is 0 Å². The van der Waals surface area contributed by atoms with Crippen LogP contribution in [0.3, 0.4) is 0 Å². The summed E-state index contributed by atoms with van der Waals surface area (Å²) in [5, 5.41) is 3.26. The molecule has 0 saturated carbocycles. The van der Waals surface area contributed by atoms with Crippen molar-refractivity contribution >= 4 is 34.2 Å². The Kier molecular flexibility index (Phi) is 5.79. The van der Waals surface area contributed by atoms with E-state index in [0.717, 1.165) is 32.2 Å². The summed E-state index contributed by atoms with van der Waals surface area (Å²) in [4.78, 5) is 17.2. The molecule has 2 unspecified atom stereocenters. The molecule has 1 aromatic rings. The highest BCUT2D eigenvalue weighted by Crippen LogP contribution is 2.31. The highest BCUT2D eigenvalue weighted by atomic mass is 35.5. The van der Waals surface area contributed by atoms with Crippen LogP contribution < -0.4 is 5.32 Å². The van der Waals surface area contributed by atoms with E-state index in [1.165, 1.54) is 0 Å². The molecule has 3 aliphatic rings. The van der Waals surface area contributed by atoms with Crippen molar-refractivity contribution in [2.75, 3.05) is 26.7 Å². The van der Waals surface area contributed by atoms with Crippen LogP contribution in [0.2, 0.25) is 0 Å². The number of fused-ring (bicyclic) bond motifs is 1. The van der Waals surface area contributed by atoms with Crippen LogP contribution >= 0.6 is 12.4 Å². The zero-order valence-corrected chi connectivity index (χ0v) is 16.9. The Morgan fingerprint density at radius 3 is 2.70 bits per heavy atom. The lowest BCUT2D eigenvalue weighted by Gasteiger charge is -2.36. The number of sulfonamides is 1. The molecule has 148 valence electrons. The normalized spacial score (nSPS) is 26.3. The van der Waals surface area contributed by atoms with Crippen molar-refractivity contribution in [1.82, 2.24) is 15.1 Å². The summed E-state index contributed by atoms with van der Waals surface area (Å²) in [7, 11) is -1.74. The molecular weight excluding hydrogens is 388 g/mol. The average molecular weight is 413 g/mol. The van der Waals surface area contributed by atoms with Crippen LogP contribution in [0.15, 0.2) is 33.6 Å². The van der Waals surface area contributed by atoms with Crippen molar-refractivity contribution in [2.45, 2.75) is 42.7 Å². The van der Waals surface area contributed by atoms with Gasteiger partial charge < -0.3 is 15.1 Å². The molecule has 1 amide bonds. The first-order valence-electron chi connectivity index (χ1n) is 9.18. The maximum atomic E-state index is 13.2. The highest BCUT2D eigenvalue weighted by Gasteiger charge is 2.41. The molecule has 2 atom stereocenters. The minimum absolute atomic E-state index is 0. The topological polar surface area (TPSA) is 82.1 Å². The Balaban J connectivity index is 0.00000210. The van der Waals surface area contributed by atoms with E-state index in [4.69, 9.17) is 0 Å². The quantitative estimate of drug-likeness (QED) is 0.790. The molecule has 2 fully saturated rings. The number of likely N-dealkylation sites (N-methyl/N-ethyl adjacent to an activating group) is 1. The standard InChI is InChI=1S/C18H24N4O3S.ClH/c1-19-13-6-4-10-21(12-13)18(23)15-8-5-11-22(15)17-14-7-2-3-9-16(14)26(24,25)20-17;/h2-3,7,9,13,15,19H,4-6,8,10-12H2,1H3;1H. The molecule has 9 heteroatoms. The second-order valence-corrected chi connectivity index (χ2v) is 8.72. The summed E-state index contributed by atoms with van der Waals surface area (Å²) in [6.07, 6.45) is 3.66. The molecule has 1 aromatic carbocycles. The van der Waals surface area contributed by atoms with E-state index in [0.29, 0.717) is 30.5 Å². The molecule has 3 heterocycles. The number of likely N-dealkylation sites (tertiary alicyclic amines) is 2. The number of halogens is 1. The molecular formula is C18H25ClN4O3S. The Morgan fingerprint density at radius 2 is 1.93 bits per heavy atom. The fourth-order valence-electron chi connectivity index (χ4n) is 4.20. The zero-order valence-electron chi connectivity index (χ0n) is 15.3. The molecule has 7 nitrogen and oxygen atoms in total. The second-order valence-electron chi connectivity index (χ2n) is 7.15. The van der Waals surface area contributed by atoms with E-state index in [2.05, 4.69) is 9.71 Å². The Labute approximate surface area is 166 Å². The number of hydrogen-bond donors (Lipinski definition) is 1. The van der Waals surface area contributed by atoms with Gasteiger partial charge in [0.2, 0.25) is 5.91 Å². The van der Waals surface area contributed by atoms with E-state index >= 15 is 0 Å². The van der Waals surface area contributed by atoms with Crippen molar-refractivity contribution in [3.63, 3.8) is 0 Å². The van der Waals surface area contributed by atoms with Gasteiger partial charge in [-0.05, 0) is 44.9 Å². The van der Waals surface area contributed by atoms with E-state index in [1.54, 1.807) is 18.2 Å². The maximum absolute atomic E-state index is 13.2. The predicted octanol–water partition coefficient (Wildman–Crippen LogP) is 1.23. The van der Waals surface area contributed by atoms with E-state index < -0.39 is 10.0 Å². The lowest BCUT2D eigenvalue weighted by atomic mass is 10.0. The van der Waals surface area contributed by atoms with E-state index in [-0.39, 0.29) is 29.3 Å². The number of nitrogens with one attached hydrogen (secondary N) is 1. The number of nitrogens with zero attached hydrogens (tertiary/aromatic N) is 3. The minimum atomic E-state index is -3.67. The van der Waals surface area contributed by atoms with Crippen LogP contribution in [0.4, 0.5) is 0 Å². The van der Waals surface area contributed by atoms with Gasteiger partial charge in [0, 0.05) is 31.2 Å². The molecule has 0 aliphatic carbocycles. The second kappa shape index (κ2) is 7.77. The summed E-state index contributed by atoms with van der Waals surface area (Å²) in [6, 6.07) is 6.86. The number of carbonyl (C=O) groups is 1. The van der Waals surface area contributed by atoms with Gasteiger partial charge in [-0.25, -0.2) is 0 Å². The van der Waals surface area contributed by atoms with Crippen molar-refractivity contribution < 1.29 is 13.2 Å². The average Bonchev–Trinajstić information content (AvgIpc) is 3.24. The number of amidine groups is 1. The first-order valence-corrected chi connectivity index (χ1v) is 10.6. The fourth-order valence-corrected chi connectivity index (χ4v) is 5.41. The Hall–Kier alpha value is -1.64. The van der Waals surface area contributed by atoms with Crippen molar-refractivity contribution in [1.29, 1.82) is 0 Å². The summed E-state index contributed by atoms with van der Waals surface area (Å²) in [6.45, 7) is 2.13. The lowest BCUT2D eigenvalue weighted by molar-refractivity contribution is -0.136. The van der Waals surface area contributed by atoms with Gasteiger partial charge in [0.05, 0.1) is 0 Å². The fraction of sp³-hybridized carbons (Fsp3) is 0.556. The molecule has 3 aliphatic heterocycles. The molecule has 0 spiro atoms. The maximum Gasteiger partial charge on any atom is 0.285 e. The van der Waals surface area contributed by atoms with Gasteiger partial charge in [0.1, 0.15) is 10.9 Å². The van der Waals surface area contributed by atoms with Crippen LogP contribution in [-0.4, -0.2) is 68.7 Å². The Morgan fingerprint density at radius 1 is 1.19 bits per heavy atom. The third kappa shape index (κ3) is 3.58. The number of piperidine rings is 1. The third-order valence-electron chi connectivity index (χ3n) is 5.56.